The van der Waals surface area contributed by atoms with Gasteiger partial charge in [-0.15, -0.1) is 0 Å². The minimum Gasteiger partial charge on any atom is -0.464 e. The van der Waals surface area contributed by atoms with E-state index in [9.17, 15) is 22.8 Å². The van der Waals surface area contributed by atoms with E-state index in [1.54, 1.807) is 0 Å². The Bertz CT molecular complexity index is 577. The Morgan fingerprint density at radius 1 is 1.17 bits per heavy atom. The van der Waals surface area contributed by atoms with Crippen LogP contribution in [0.25, 0.3) is 0 Å². The highest BCUT2D eigenvalue weighted by molar-refractivity contribution is 5.95. The summed E-state index contributed by atoms with van der Waals surface area (Å²) in [5, 5.41) is 0. The van der Waals surface area contributed by atoms with Crippen molar-refractivity contribution in [3.63, 3.8) is 0 Å². The summed E-state index contributed by atoms with van der Waals surface area (Å²) < 4.78 is 42.6. The number of piperazine rings is 1. The van der Waals surface area contributed by atoms with Crippen LogP contribution in [0.3, 0.4) is 0 Å². The Morgan fingerprint density at radius 3 is 2.26 bits per heavy atom. The highest BCUT2D eigenvalue weighted by Crippen LogP contribution is 2.25. The molecule has 2 heterocycles. The number of alkyl halides is 3. The first-order valence-electron chi connectivity index (χ1n) is 7.11. The molecule has 0 radical (unpaired) electrons. The largest absolute Gasteiger partial charge is 0.464 e. The molecule has 1 N–H and O–H groups in total. The van der Waals surface area contributed by atoms with Gasteiger partial charge >= 0.3 is 12.1 Å². The number of amides is 1. The van der Waals surface area contributed by atoms with E-state index in [0.29, 0.717) is 0 Å². The van der Waals surface area contributed by atoms with Gasteiger partial charge in [-0.2, -0.15) is 13.2 Å². The number of carbonyl (C=O) groups excluding carboxylic acids is 2. The molecule has 23 heavy (non-hydrogen) atoms. The molecule has 1 saturated heterocycles. The lowest BCUT2D eigenvalue weighted by Crippen LogP contribution is -2.54. The number of methoxy groups -OCH3 is 1. The van der Waals surface area contributed by atoms with E-state index in [0.717, 1.165) is 6.92 Å². The van der Waals surface area contributed by atoms with Gasteiger partial charge in [-0.05, 0) is 19.1 Å². The van der Waals surface area contributed by atoms with E-state index in [2.05, 4.69) is 9.72 Å². The highest BCUT2D eigenvalue weighted by Gasteiger charge is 2.41. The molecule has 0 bridgehead atoms. The third-order valence-corrected chi connectivity index (χ3v) is 3.94. The summed E-state index contributed by atoms with van der Waals surface area (Å²) in [6.07, 6.45) is -4.28. The lowest BCUT2D eigenvalue weighted by Gasteiger charge is -2.38. The van der Waals surface area contributed by atoms with Crippen LogP contribution in [-0.2, 0) is 4.74 Å². The van der Waals surface area contributed by atoms with Crippen molar-refractivity contribution in [3.8, 4) is 0 Å². The summed E-state index contributed by atoms with van der Waals surface area (Å²) >= 11 is 0. The monoisotopic (exact) mass is 333 g/mol. The zero-order valence-electron chi connectivity index (χ0n) is 12.8. The second kappa shape index (κ2) is 6.61. The minimum absolute atomic E-state index is 0.150. The van der Waals surface area contributed by atoms with Crippen LogP contribution in [-0.4, -0.2) is 72.2 Å². The van der Waals surface area contributed by atoms with Gasteiger partial charge < -0.3 is 14.6 Å². The van der Waals surface area contributed by atoms with E-state index in [1.165, 1.54) is 29.0 Å². The number of aromatic amines is 1. The molecule has 9 heteroatoms. The number of rotatable bonds is 3. The predicted molar refractivity (Wildman–Crippen MR) is 75.1 cm³/mol. The van der Waals surface area contributed by atoms with Crippen molar-refractivity contribution in [1.29, 1.82) is 0 Å². The molecule has 1 atom stereocenters. The highest BCUT2D eigenvalue weighted by atomic mass is 19.4. The number of nitrogens with one attached hydrogen (secondary N) is 1. The molecule has 0 aliphatic carbocycles. The Balaban J connectivity index is 1.96. The molecule has 1 aliphatic heterocycles. The quantitative estimate of drug-likeness (QED) is 0.852. The fourth-order valence-corrected chi connectivity index (χ4v) is 2.44. The van der Waals surface area contributed by atoms with Gasteiger partial charge in [0.15, 0.2) is 0 Å². The molecule has 1 aromatic heterocycles. The van der Waals surface area contributed by atoms with Crippen LogP contribution in [0.15, 0.2) is 12.1 Å². The predicted octanol–water partition coefficient (Wildman–Crippen LogP) is 1.51. The summed E-state index contributed by atoms with van der Waals surface area (Å²) in [7, 11) is 1.23. The number of ether oxygens (including phenoxy) is 1. The number of hydrogen-bond donors (Lipinski definition) is 1. The Labute approximate surface area is 131 Å². The molecule has 1 amide bonds. The van der Waals surface area contributed by atoms with Gasteiger partial charge in [0.1, 0.15) is 17.4 Å². The van der Waals surface area contributed by atoms with Crippen LogP contribution < -0.4 is 0 Å². The smallest absolute Gasteiger partial charge is 0.403 e. The molecule has 1 aliphatic rings. The summed E-state index contributed by atoms with van der Waals surface area (Å²) in [5.41, 5.74) is 0.364. The van der Waals surface area contributed by atoms with Crippen molar-refractivity contribution in [3.05, 3.63) is 23.5 Å². The van der Waals surface area contributed by atoms with Crippen LogP contribution in [0.5, 0.6) is 0 Å². The standard InChI is InChI=1S/C14H18F3N3O3/c1-9(14(15,16)17)19-5-7-20(8-6-19)12(21)10-3-4-11(18-10)13(22)23-2/h3-4,9,18H,5-8H2,1-2H3/t9-/m0/s1. The molecule has 128 valence electrons. The molecule has 1 aromatic rings. The van der Waals surface area contributed by atoms with Crippen LogP contribution in [0.1, 0.15) is 27.9 Å². The van der Waals surface area contributed by atoms with Crippen molar-refractivity contribution in [2.24, 2.45) is 0 Å². The van der Waals surface area contributed by atoms with E-state index in [-0.39, 0.29) is 43.5 Å². The molecule has 2 rings (SSSR count). The van der Waals surface area contributed by atoms with Gasteiger partial charge in [0.05, 0.1) is 7.11 Å². The summed E-state index contributed by atoms with van der Waals surface area (Å²) in [6.45, 7) is 1.82. The molecule has 0 spiro atoms. The topological polar surface area (TPSA) is 65.6 Å². The van der Waals surface area contributed by atoms with Gasteiger partial charge in [0, 0.05) is 26.2 Å². The normalized spacial score (nSPS) is 17.9. The van der Waals surface area contributed by atoms with E-state index in [1.807, 2.05) is 0 Å². The Hall–Kier alpha value is -2.03. The first kappa shape index (κ1) is 17.3. The van der Waals surface area contributed by atoms with Crippen LogP contribution in [0.2, 0.25) is 0 Å². The number of esters is 1. The van der Waals surface area contributed by atoms with Crippen LogP contribution in [0.4, 0.5) is 13.2 Å². The van der Waals surface area contributed by atoms with Crippen molar-refractivity contribution in [1.82, 2.24) is 14.8 Å². The van der Waals surface area contributed by atoms with E-state index in [4.69, 9.17) is 0 Å². The average Bonchev–Trinajstić information content (AvgIpc) is 3.02. The van der Waals surface area contributed by atoms with Crippen molar-refractivity contribution in [2.45, 2.75) is 19.1 Å². The second-order valence-electron chi connectivity index (χ2n) is 5.32. The summed E-state index contributed by atoms with van der Waals surface area (Å²) in [6, 6.07) is 1.36. The van der Waals surface area contributed by atoms with E-state index >= 15 is 0 Å². The van der Waals surface area contributed by atoms with Gasteiger partial charge in [0.2, 0.25) is 0 Å². The Kier molecular flexibility index (Phi) is 4.98. The van der Waals surface area contributed by atoms with Crippen molar-refractivity contribution < 1.29 is 27.5 Å². The van der Waals surface area contributed by atoms with Gasteiger partial charge in [-0.3, -0.25) is 9.69 Å². The number of aromatic nitrogens is 1. The third kappa shape index (κ3) is 3.84. The number of halogens is 3. The van der Waals surface area contributed by atoms with Gasteiger partial charge in [-0.25, -0.2) is 4.79 Å². The first-order chi connectivity index (χ1) is 10.7. The van der Waals surface area contributed by atoms with Crippen LogP contribution in [0, 0.1) is 0 Å². The minimum atomic E-state index is -4.28. The molecule has 0 unspecified atom stereocenters. The summed E-state index contributed by atoms with van der Waals surface area (Å²) in [4.78, 5) is 29.1. The van der Waals surface area contributed by atoms with Crippen molar-refractivity contribution >= 4 is 11.9 Å². The first-order valence-corrected chi connectivity index (χ1v) is 7.11. The molecular formula is C14H18F3N3O3. The number of hydrogen-bond acceptors (Lipinski definition) is 4. The number of H-pyrrole nitrogens is 1. The van der Waals surface area contributed by atoms with Gasteiger partial charge in [0.25, 0.3) is 5.91 Å². The van der Waals surface area contributed by atoms with E-state index < -0.39 is 18.2 Å². The molecule has 1 fully saturated rings. The maximum atomic E-state index is 12.7. The fraction of sp³-hybridized carbons (Fsp3) is 0.571. The van der Waals surface area contributed by atoms with Crippen LogP contribution >= 0.6 is 0 Å². The fourth-order valence-electron chi connectivity index (χ4n) is 2.44. The number of carbonyl (C=O) groups is 2. The third-order valence-electron chi connectivity index (χ3n) is 3.94. The van der Waals surface area contributed by atoms with Crippen molar-refractivity contribution in [2.75, 3.05) is 33.3 Å². The second-order valence-corrected chi connectivity index (χ2v) is 5.32. The maximum absolute atomic E-state index is 12.7. The molecule has 0 aromatic carbocycles. The lowest BCUT2D eigenvalue weighted by atomic mass is 10.2. The van der Waals surface area contributed by atoms with Gasteiger partial charge in [-0.1, -0.05) is 0 Å². The molecule has 0 saturated carbocycles. The molecule has 6 nitrogen and oxygen atoms in total. The lowest BCUT2D eigenvalue weighted by molar-refractivity contribution is -0.181. The summed E-state index contributed by atoms with van der Waals surface area (Å²) in [5.74, 6) is -0.938. The maximum Gasteiger partial charge on any atom is 0.403 e. The number of nitrogens with zero attached hydrogens (tertiary/aromatic N) is 2. The Morgan fingerprint density at radius 2 is 1.74 bits per heavy atom. The SMILES string of the molecule is COC(=O)c1ccc(C(=O)N2CCN([C@@H](C)C(F)(F)F)CC2)[nH]1. The molecular weight excluding hydrogens is 315 g/mol. The zero-order chi connectivity index (χ0) is 17.2. The zero-order valence-corrected chi connectivity index (χ0v) is 12.8. The average molecular weight is 333 g/mol.